The van der Waals surface area contributed by atoms with Gasteiger partial charge in [-0.15, -0.1) is 0 Å². The predicted octanol–water partition coefficient (Wildman–Crippen LogP) is 0.282. The van der Waals surface area contributed by atoms with E-state index in [1.54, 1.807) is 26.1 Å². The molecule has 1 saturated heterocycles. The number of aromatic nitrogens is 1. The average Bonchev–Trinajstić information content (AvgIpc) is 3.16. The summed E-state index contributed by atoms with van der Waals surface area (Å²) < 4.78 is 1.85. The van der Waals surface area contributed by atoms with E-state index in [1.807, 2.05) is 4.57 Å². The predicted molar refractivity (Wildman–Crippen MR) is 75.4 cm³/mol. The molecule has 3 rings (SSSR count). The van der Waals surface area contributed by atoms with Crippen molar-refractivity contribution in [1.29, 1.82) is 0 Å². The lowest BCUT2D eigenvalue weighted by Crippen LogP contribution is -2.65. The molecule has 0 aromatic carbocycles. The van der Waals surface area contributed by atoms with Gasteiger partial charge in [-0.25, -0.2) is 0 Å². The number of hydrogen-bond donors (Lipinski definition) is 2. The molecule has 1 aliphatic carbocycles. The molecule has 3 amide bonds. The average molecular weight is 290 g/mol. The molecule has 7 heteroatoms. The van der Waals surface area contributed by atoms with Gasteiger partial charge >= 0.3 is 0 Å². The first kappa shape index (κ1) is 13.7. The fraction of sp³-hybridized carbons (Fsp3) is 0.500. The van der Waals surface area contributed by atoms with Crippen molar-refractivity contribution in [1.82, 2.24) is 14.8 Å². The fourth-order valence-corrected chi connectivity index (χ4v) is 2.57. The van der Waals surface area contributed by atoms with Gasteiger partial charge in [0.25, 0.3) is 11.8 Å². The van der Waals surface area contributed by atoms with E-state index in [1.165, 1.54) is 4.90 Å². The summed E-state index contributed by atoms with van der Waals surface area (Å²) in [6.45, 7) is 3.12. The van der Waals surface area contributed by atoms with Crippen LogP contribution in [-0.4, -0.2) is 39.3 Å². The molecule has 3 N–H and O–H groups in total. The van der Waals surface area contributed by atoms with Crippen molar-refractivity contribution < 1.29 is 14.4 Å². The maximum Gasteiger partial charge on any atom is 0.271 e. The largest absolute Gasteiger partial charge is 0.397 e. The second kappa shape index (κ2) is 4.34. The van der Waals surface area contributed by atoms with Crippen LogP contribution >= 0.6 is 0 Å². The van der Waals surface area contributed by atoms with E-state index in [2.05, 4.69) is 5.32 Å². The van der Waals surface area contributed by atoms with Gasteiger partial charge in [0.2, 0.25) is 5.91 Å². The molecule has 1 aromatic heterocycles. The second-order valence-corrected chi connectivity index (χ2v) is 6.12. The Labute approximate surface area is 122 Å². The minimum atomic E-state index is -1.07. The lowest BCUT2D eigenvalue weighted by molar-refractivity contribution is -0.143. The maximum atomic E-state index is 12.8. The summed E-state index contributed by atoms with van der Waals surface area (Å²) in [5.74, 6) is -1.28. The molecule has 1 aromatic rings. The Morgan fingerprint density at radius 3 is 2.67 bits per heavy atom. The summed E-state index contributed by atoms with van der Waals surface area (Å²) in [6.07, 6.45) is 3.76. The molecule has 0 bridgehead atoms. The molecule has 21 heavy (non-hydrogen) atoms. The van der Waals surface area contributed by atoms with Crippen LogP contribution in [-0.2, 0) is 9.59 Å². The number of amides is 3. The highest BCUT2D eigenvalue weighted by Gasteiger charge is 2.44. The lowest BCUT2D eigenvalue weighted by Gasteiger charge is -2.40. The minimum Gasteiger partial charge on any atom is -0.397 e. The first-order valence-corrected chi connectivity index (χ1v) is 6.94. The summed E-state index contributed by atoms with van der Waals surface area (Å²) in [6, 6.07) is 1.90. The Balaban J connectivity index is 1.97. The summed E-state index contributed by atoms with van der Waals surface area (Å²) in [5, 5.41) is 2.26. The van der Waals surface area contributed by atoms with E-state index in [4.69, 9.17) is 5.73 Å². The number of nitrogens with zero attached hydrogens (tertiary/aromatic N) is 2. The molecule has 0 unspecified atom stereocenters. The summed E-state index contributed by atoms with van der Waals surface area (Å²) >= 11 is 0. The van der Waals surface area contributed by atoms with Crippen molar-refractivity contribution in [2.24, 2.45) is 0 Å². The zero-order chi connectivity index (χ0) is 15.4. The molecular weight excluding hydrogens is 272 g/mol. The lowest BCUT2D eigenvalue weighted by atomic mass is 9.98. The number of anilines is 1. The van der Waals surface area contributed by atoms with Gasteiger partial charge in [-0.05, 0) is 32.8 Å². The fourth-order valence-electron chi connectivity index (χ4n) is 2.57. The van der Waals surface area contributed by atoms with E-state index in [-0.39, 0.29) is 12.5 Å². The van der Waals surface area contributed by atoms with E-state index >= 15 is 0 Å². The van der Waals surface area contributed by atoms with Crippen LogP contribution in [0.2, 0.25) is 0 Å². The SMILES string of the molecule is CC1(C)C(=O)NC(=O)CN1C(=O)c1cc(N)cn1C1CC1. The monoisotopic (exact) mass is 290 g/mol. The van der Waals surface area contributed by atoms with Gasteiger partial charge in [0.15, 0.2) is 0 Å². The number of nitrogens with two attached hydrogens (primary N) is 1. The van der Waals surface area contributed by atoms with Crippen molar-refractivity contribution >= 4 is 23.4 Å². The van der Waals surface area contributed by atoms with Gasteiger partial charge in [-0.3, -0.25) is 19.7 Å². The Hall–Kier alpha value is -2.31. The molecule has 1 aliphatic heterocycles. The van der Waals surface area contributed by atoms with Crippen molar-refractivity contribution in [2.45, 2.75) is 38.3 Å². The van der Waals surface area contributed by atoms with Crippen molar-refractivity contribution in [3.05, 3.63) is 18.0 Å². The molecule has 112 valence electrons. The van der Waals surface area contributed by atoms with E-state index in [0.29, 0.717) is 17.4 Å². The Kier molecular flexibility index (Phi) is 2.82. The summed E-state index contributed by atoms with van der Waals surface area (Å²) in [7, 11) is 0. The minimum absolute atomic E-state index is 0.132. The molecule has 0 radical (unpaired) electrons. The highest BCUT2D eigenvalue weighted by Crippen LogP contribution is 2.37. The number of imide groups is 1. The third-order valence-corrected chi connectivity index (χ3v) is 4.06. The first-order chi connectivity index (χ1) is 9.80. The number of carbonyl (C=O) groups excluding carboxylic acids is 3. The molecule has 0 atom stereocenters. The molecule has 0 spiro atoms. The number of nitrogen functional groups attached to an aromatic ring is 1. The Morgan fingerprint density at radius 1 is 1.38 bits per heavy atom. The van der Waals surface area contributed by atoms with Gasteiger partial charge in [0.1, 0.15) is 17.8 Å². The van der Waals surface area contributed by atoms with Gasteiger partial charge in [-0.1, -0.05) is 0 Å². The normalized spacial score (nSPS) is 21.3. The number of rotatable bonds is 2. The Morgan fingerprint density at radius 2 is 2.05 bits per heavy atom. The van der Waals surface area contributed by atoms with Crippen LogP contribution in [0.25, 0.3) is 0 Å². The van der Waals surface area contributed by atoms with Crippen LogP contribution in [0.1, 0.15) is 43.2 Å². The third-order valence-electron chi connectivity index (χ3n) is 4.06. The summed E-state index contributed by atoms with van der Waals surface area (Å²) in [4.78, 5) is 37.6. The maximum absolute atomic E-state index is 12.8. The highest BCUT2D eigenvalue weighted by atomic mass is 16.2. The standard InChI is InChI=1S/C14H18N4O3/c1-14(2)13(21)16-11(19)7-18(14)12(20)10-5-8(15)6-17(10)9-3-4-9/h5-6,9H,3-4,7,15H2,1-2H3,(H,16,19,21). The zero-order valence-electron chi connectivity index (χ0n) is 12.0. The first-order valence-electron chi connectivity index (χ1n) is 6.94. The van der Waals surface area contributed by atoms with Gasteiger partial charge in [0, 0.05) is 12.2 Å². The van der Waals surface area contributed by atoms with E-state index in [9.17, 15) is 14.4 Å². The van der Waals surface area contributed by atoms with Crippen LogP contribution < -0.4 is 11.1 Å². The topological polar surface area (TPSA) is 97.4 Å². The van der Waals surface area contributed by atoms with E-state index < -0.39 is 17.4 Å². The molecule has 2 fully saturated rings. The van der Waals surface area contributed by atoms with Crippen LogP contribution in [0.15, 0.2) is 12.3 Å². The summed E-state index contributed by atoms with van der Waals surface area (Å²) in [5.41, 5.74) is 5.67. The quantitative estimate of drug-likeness (QED) is 0.765. The molecule has 2 aliphatic rings. The third kappa shape index (κ3) is 2.18. The van der Waals surface area contributed by atoms with Crippen LogP contribution in [0.4, 0.5) is 5.69 Å². The van der Waals surface area contributed by atoms with Gasteiger partial charge in [-0.2, -0.15) is 0 Å². The van der Waals surface area contributed by atoms with Crippen LogP contribution in [0.3, 0.4) is 0 Å². The second-order valence-electron chi connectivity index (χ2n) is 6.12. The van der Waals surface area contributed by atoms with Crippen LogP contribution in [0.5, 0.6) is 0 Å². The number of piperazine rings is 1. The van der Waals surface area contributed by atoms with Crippen molar-refractivity contribution in [2.75, 3.05) is 12.3 Å². The number of nitrogens with one attached hydrogen (secondary N) is 1. The van der Waals surface area contributed by atoms with Gasteiger partial charge < -0.3 is 15.2 Å². The molecule has 2 heterocycles. The number of carbonyl (C=O) groups is 3. The Bertz CT molecular complexity index is 643. The molecule has 7 nitrogen and oxygen atoms in total. The van der Waals surface area contributed by atoms with E-state index in [0.717, 1.165) is 12.8 Å². The highest BCUT2D eigenvalue weighted by molar-refractivity contribution is 6.08. The van der Waals surface area contributed by atoms with Gasteiger partial charge in [0.05, 0.1) is 5.69 Å². The smallest absolute Gasteiger partial charge is 0.271 e. The molecular formula is C14H18N4O3. The zero-order valence-corrected chi connectivity index (χ0v) is 12.0. The van der Waals surface area contributed by atoms with Crippen molar-refractivity contribution in [3.63, 3.8) is 0 Å². The molecule has 1 saturated carbocycles. The number of hydrogen-bond acceptors (Lipinski definition) is 4. The van der Waals surface area contributed by atoms with Crippen molar-refractivity contribution in [3.8, 4) is 0 Å². The van der Waals surface area contributed by atoms with Crippen LogP contribution in [0, 0.1) is 0 Å².